The molecule has 118 valence electrons. The second-order valence-corrected chi connectivity index (χ2v) is 7.03. The van der Waals surface area contributed by atoms with Gasteiger partial charge < -0.3 is 9.26 Å². The summed E-state index contributed by atoms with van der Waals surface area (Å²) in [6.07, 6.45) is 5.22. The number of hydrogen-bond donors (Lipinski definition) is 0. The number of hydrogen-bond acceptors (Lipinski definition) is 6. The minimum Gasteiger partial charge on any atom is -0.465 e. The van der Waals surface area contributed by atoms with Crippen molar-refractivity contribution in [2.24, 2.45) is 5.92 Å². The molecule has 21 heavy (non-hydrogen) atoms. The highest BCUT2D eigenvalue weighted by Crippen LogP contribution is 2.31. The summed E-state index contributed by atoms with van der Waals surface area (Å²) in [6, 6.07) is 0. The predicted octanol–water partition coefficient (Wildman–Crippen LogP) is 3.55. The average molecular weight is 312 g/mol. The molecular formula is C15H24N2O3S. The first-order chi connectivity index (χ1) is 10.1. The molecular weight excluding hydrogens is 288 g/mol. The smallest absolute Gasteiger partial charge is 0.318 e. The van der Waals surface area contributed by atoms with Gasteiger partial charge in [-0.25, -0.2) is 0 Å². The summed E-state index contributed by atoms with van der Waals surface area (Å²) in [5, 5.41) is 4.73. The number of carbonyl (C=O) groups excluding carboxylic acids is 1. The largest absolute Gasteiger partial charge is 0.465 e. The average Bonchev–Trinajstić information content (AvgIpc) is 3.07. The lowest BCUT2D eigenvalue weighted by atomic mass is 9.96. The van der Waals surface area contributed by atoms with Gasteiger partial charge >= 0.3 is 5.97 Å². The van der Waals surface area contributed by atoms with Crippen LogP contribution in [0.2, 0.25) is 0 Å². The number of thioether (sulfide) groups is 1. The van der Waals surface area contributed by atoms with Gasteiger partial charge in [0.1, 0.15) is 5.92 Å². The Balaban J connectivity index is 1.97. The molecule has 5 nitrogen and oxygen atoms in total. The Morgan fingerprint density at radius 3 is 2.76 bits per heavy atom. The molecule has 0 N–H and O–H groups in total. The van der Waals surface area contributed by atoms with E-state index in [9.17, 15) is 4.79 Å². The lowest BCUT2D eigenvalue weighted by molar-refractivity contribution is -0.146. The van der Waals surface area contributed by atoms with Crippen molar-refractivity contribution in [3.63, 3.8) is 0 Å². The lowest BCUT2D eigenvalue weighted by Crippen LogP contribution is -2.21. The first-order valence-electron chi connectivity index (χ1n) is 7.72. The number of nitrogens with zero attached hydrogens (tertiary/aromatic N) is 2. The van der Waals surface area contributed by atoms with Crippen molar-refractivity contribution in [1.29, 1.82) is 0 Å². The third kappa shape index (κ3) is 4.46. The fraction of sp³-hybridized carbons (Fsp3) is 0.800. The summed E-state index contributed by atoms with van der Waals surface area (Å²) in [7, 11) is 0. The molecule has 1 aromatic rings. The van der Waals surface area contributed by atoms with Crippen LogP contribution in [-0.2, 0) is 15.3 Å². The Kier molecular flexibility index (Phi) is 6.08. The standard InChI is InChI=1S/C15H24N2O3S/c1-4-19-15(18)13(10(2)3)14-16-12(17-20-14)9-21-11-7-5-6-8-11/h10-11,13H,4-9H2,1-3H3. The van der Waals surface area contributed by atoms with Crippen molar-refractivity contribution in [2.75, 3.05) is 6.61 Å². The van der Waals surface area contributed by atoms with E-state index < -0.39 is 5.92 Å². The SMILES string of the molecule is CCOC(=O)C(c1nc(CSC2CCCC2)no1)C(C)C. The van der Waals surface area contributed by atoms with Gasteiger partial charge in [-0.2, -0.15) is 16.7 Å². The molecule has 1 aromatic heterocycles. The number of ether oxygens (including phenoxy) is 1. The Hall–Kier alpha value is -1.04. The van der Waals surface area contributed by atoms with Crippen LogP contribution in [0.3, 0.4) is 0 Å². The molecule has 0 aliphatic heterocycles. The van der Waals surface area contributed by atoms with Crippen LogP contribution in [0.4, 0.5) is 0 Å². The maximum absolute atomic E-state index is 12.0. The maximum atomic E-state index is 12.0. The predicted molar refractivity (Wildman–Crippen MR) is 82.1 cm³/mol. The number of esters is 1. The Bertz CT molecular complexity index is 456. The van der Waals surface area contributed by atoms with E-state index in [0.29, 0.717) is 18.3 Å². The van der Waals surface area contributed by atoms with Gasteiger partial charge in [-0.05, 0) is 25.7 Å². The first kappa shape index (κ1) is 16.3. The van der Waals surface area contributed by atoms with Crippen LogP contribution in [0.25, 0.3) is 0 Å². The van der Waals surface area contributed by atoms with Crippen LogP contribution >= 0.6 is 11.8 Å². The van der Waals surface area contributed by atoms with Gasteiger partial charge in [0.15, 0.2) is 5.82 Å². The van der Waals surface area contributed by atoms with Crippen molar-refractivity contribution in [1.82, 2.24) is 10.1 Å². The zero-order chi connectivity index (χ0) is 15.2. The summed E-state index contributed by atoms with van der Waals surface area (Å²) in [6.45, 7) is 6.07. The molecule has 0 bridgehead atoms. The molecule has 6 heteroatoms. The molecule has 0 saturated heterocycles. The molecule has 1 atom stereocenters. The number of aromatic nitrogens is 2. The topological polar surface area (TPSA) is 65.2 Å². The van der Waals surface area contributed by atoms with Crippen molar-refractivity contribution in [3.05, 3.63) is 11.7 Å². The molecule has 0 radical (unpaired) electrons. The fourth-order valence-electron chi connectivity index (χ4n) is 2.59. The molecule has 1 aliphatic carbocycles. The van der Waals surface area contributed by atoms with Crippen molar-refractivity contribution in [2.45, 2.75) is 63.4 Å². The maximum Gasteiger partial charge on any atom is 0.318 e. The second kappa shape index (κ2) is 7.82. The summed E-state index contributed by atoms with van der Waals surface area (Å²) in [5.74, 6) is 1.12. The highest BCUT2D eigenvalue weighted by atomic mass is 32.2. The first-order valence-corrected chi connectivity index (χ1v) is 8.77. The molecule has 1 unspecified atom stereocenters. The number of carbonyl (C=O) groups is 1. The minimum absolute atomic E-state index is 0.0693. The monoisotopic (exact) mass is 312 g/mol. The van der Waals surface area contributed by atoms with E-state index in [1.54, 1.807) is 6.92 Å². The van der Waals surface area contributed by atoms with Crippen LogP contribution in [0.1, 0.15) is 64.1 Å². The van der Waals surface area contributed by atoms with Gasteiger partial charge in [-0.15, -0.1) is 0 Å². The normalized spacial score (nSPS) is 17.3. The zero-order valence-corrected chi connectivity index (χ0v) is 13.8. The van der Waals surface area contributed by atoms with Crippen LogP contribution in [0, 0.1) is 5.92 Å². The van der Waals surface area contributed by atoms with Gasteiger partial charge in [0.05, 0.1) is 12.4 Å². The molecule has 0 amide bonds. The highest BCUT2D eigenvalue weighted by molar-refractivity contribution is 7.99. The zero-order valence-electron chi connectivity index (χ0n) is 13.0. The second-order valence-electron chi connectivity index (χ2n) is 5.74. The van der Waals surface area contributed by atoms with Gasteiger partial charge in [0.25, 0.3) is 0 Å². The molecule has 1 fully saturated rings. The lowest BCUT2D eigenvalue weighted by Gasteiger charge is -2.14. The van der Waals surface area contributed by atoms with Crippen LogP contribution < -0.4 is 0 Å². The summed E-state index contributed by atoms with van der Waals surface area (Å²) in [4.78, 5) is 16.4. The van der Waals surface area contributed by atoms with E-state index in [2.05, 4.69) is 10.1 Å². The van der Waals surface area contributed by atoms with Crippen LogP contribution in [-0.4, -0.2) is 28.0 Å². The quantitative estimate of drug-likeness (QED) is 0.717. The molecule has 1 saturated carbocycles. The van der Waals surface area contributed by atoms with Crippen LogP contribution in [0.5, 0.6) is 0 Å². The Labute approximate surface area is 130 Å². The van der Waals surface area contributed by atoms with E-state index in [-0.39, 0.29) is 11.9 Å². The Morgan fingerprint density at radius 2 is 2.14 bits per heavy atom. The summed E-state index contributed by atoms with van der Waals surface area (Å²) in [5.41, 5.74) is 0. The van der Waals surface area contributed by atoms with Crippen LogP contribution in [0.15, 0.2) is 4.52 Å². The van der Waals surface area contributed by atoms with E-state index in [4.69, 9.17) is 9.26 Å². The van der Waals surface area contributed by atoms with Crippen molar-refractivity contribution >= 4 is 17.7 Å². The molecule has 2 rings (SSSR count). The van der Waals surface area contributed by atoms with E-state index >= 15 is 0 Å². The fourth-order valence-corrected chi connectivity index (χ4v) is 3.76. The molecule has 1 heterocycles. The van der Waals surface area contributed by atoms with E-state index in [1.807, 2.05) is 25.6 Å². The van der Waals surface area contributed by atoms with Gasteiger partial charge in [0, 0.05) is 5.25 Å². The van der Waals surface area contributed by atoms with Gasteiger partial charge in [0.2, 0.25) is 5.89 Å². The van der Waals surface area contributed by atoms with Gasteiger partial charge in [-0.3, -0.25) is 4.79 Å². The summed E-state index contributed by atoms with van der Waals surface area (Å²) >= 11 is 1.89. The van der Waals surface area contributed by atoms with Crippen molar-refractivity contribution < 1.29 is 14.1 Å². The third-order valence-electron chi connectivity index (χ3n) is 3.71. The number of rotatable bonds is 7. The highest BCUT2D eigenvalue weighted by Gasteiger charge is 2.31. The Morgan fingerprint density at radius 1 is 1.43 bits per heavy atom. The summed E-state index contributed by atoms with van der Waals surface area (Å²) < 4.78 is 10.4. The van der Waals surface area contributed by atoms with E-state index in [1.165, 1.54) is 25.7 Å². The van der Waals surface area contributed by atoms with Crippen molar-refractivity contribution in [3.8, 4) is 0 Å². The molecule has 1 aliphatic rings. The van der Waals surface area contributed by atoms with E-state index in [0.717, 1.165) is 11.0 Å². The minimum atomic E-state index is -0.470. The molecule has 0 spiro atoms. The van der Waals surface area contributed by atoms with Gasteiger partial charge in [-0.1, -0.05) is 31.8 Å². The molecule has 0 aromatic carbocycles. The third-order valence-corrected chi connectivity index (χ3v) is 5.08.